The second-order valence-electron chi connectivity index (χ2n) is 3.90. The molecule has 0 fully saturated rings. The van der Waals surface area contributed by atoms with Crippen molar-refractivity contribution in [2.75, 3.05) is 0 Å². The quantitative estimate of drug-likeness (QED) is 0.472. The summed E-state index contributed by atoms with van der Waals surface area (Å²) in [6.45, 7) is 6.43. The molecular formula is C10H17NO. The summed E-state index contributed by atoms with van der Waals surface area (Å²) in [5.74, 6) is 1.01. The zero-order chi connectivity index (χ0) is 9.14. The topological polar surface area (TPSA) is 32.6 Å². The van der Waals surface area contributed by atoms with Crippen LogP contribution in [0.15, 0.2) is 16.8 Å². The molecule has 0 bridgehead atoms. The van der Waals surface area contributed by atoms with Gasteiger partial charge in [0.25, 0.3) is 0 Å². The van der Waals surface area contributed by atoms with E-state index in [1.165, 1.54) is 5.57 Å². The Bertz CT molecular complexity index is 216. The van der Waals surface area contributed by atoms with Gasteiger partial charge in [-0.2, -0.15) is 0 Å². The first kappa shape index (κ1) is 9.30. The molecule has 68 valence electrons. The fourth-order valence-electron chi connectivity index (χ4n) is 1.74. The molecule has 0 aromatic carbocycles. The molecular weight excluding hydrogens is 150 g/mol. The minimum atomic E-state index is 0.443. The van der Waals surface area contributed by atoms with Crippen molar-refractivity contribution in [3.8, 4) is 0 Å². The normalized spacial score (nSPS) is 27.8. The maximum atomic E-state index is 8.77. The third-order valence-electron chi connectivity index (χ3n) is 2.54. The third kappa shape index (κ3) is 1.87. The van der Waals surface area contributed by atoms with E-state index in [1.54, 1.807) is 0 Å². The number of rotatable bonds is 1. The Balaban J connectivity index is 2.81. The predicted molar refractivity (Wildman–Crippen MR) is 50.5 cm³/mol. The van der Waals surface area contributed by atoms with E-state index < -0.39 is 0 Å². The van der Waals surface area contributed by atoms with Gasteiger partial charge < -0.3 is 5.21 Å². The summed E-state index contributed by atoms with van der Waals surface area (Å²) in [5.41, 5.74) is 2.17. The second-order valence-corrected chi connectivity index (χ2v) is 3.90. The standard InChI is InChI=1S/C10H17NO/c1-7(2)9-5-4-8(3)6-10(9)11-12/h6-7,9,12H,4-5H2,1-3H3/b11-10-. The van der Waals surface area contributed by atoms with Gasteiger partial charge in [-0.05, 0) is 31.8 Å². The Morgan fingerprint density at radius 1 is 1.58 bits per heavy atom. The lowest BCUT2D eigenvalue weighted by molar-refractivity contribution is 0.309. The van der Waals surface area contributed by atoms with Crippen LogP contribution in [0, 0.1) is 11.8 Å². The SMILES string of the molecule is CC1=C/C(=N/O)C(C(C)C)CC1. The summed E-state index contributed by atoms with van der Waals surface area (Å²) in [6, 6.07) is 0. The lowest BCUT2D eigenvalue weighted by Gasteiger charge is -2.24. The largest absolute Gasteiger partial charge is 0.411 e. The van der Waals surface area contributed by atoms with Crippen LogP contribution in [0.5, 0.6) is 0 Å². The lowest BCUT2D eigenvalue weighted by atomic mass is 9.81. The van der Waals surface area contributed by atoms with Gasteiger partial charge in [-0.15, -0.1) is 0 Å². The maximum Gasteiger partial charge on any atom is 0.0828 e. The van der Waals surface area contributed by atoms with Crippen LogP contribution < -0.4 is 0 Å². The first-order valence-electron chi connectivity index (χ1n) is 4.54. The van der Waals surface area contributed by atoms with Crippen molar-refractivity contribution < 1.29 is 5.21 Å². The van der Waals surface area contributed by atoms with Crippen LogP contribution >= 0.6 is 0 Å². The van der Waals surface area contributed by atoms with E-state index in [1.807, 2.05) is 6.08 Å². The highest BCUT2D eigenvalue weighted by Gasteiger charge is 2.22. The monoisotopic (exact) mass is 167 g/mol. The van der Waals surface area contributed by atoms with E-state index in [2.05, 4.69) is 25.9 Å². The van der Waals surface area contributed by atoms with Gasteiger partial charge >= 0.3 is 0 Å². The van der Waals surface area contributed by atoms with Crippen molar-refractivity contribution in [3.05, 3.63) is 11.6 Å². The molecule has 12 heavy (non-hydrogen) atoms. The van der Waals surface area contributed by atoms with Crippen molar-refractivity contribution >= 4 is 5.71 Å². The molecule has 1 unspecified atom stereocenters. The highest BCUT2D eigenvalue weighted by molar-refractivity contribution is 5.97. The van der Waals surface area contributed by atoms with Crippen LogP contribution in [0.25, 0.3) is 0 Å². The van der Waals surface area contributed by atoms with Crippen LogP contribution in [0.1, 0.15) is 33.6 Å². The molecule has 0 aliphatic heterocycles. The lowest BCUT2D eigenvalue weighted by Crippen LogP contribution is -2.22. The van der Waals surface area contributed by atoms with Gasteiger partial charge in [0.2, 0.25) is 0 Å². The molecule has 2 nitrogen and oxygen atoms in total. The second kappa shape index (κ2) is 3.74. The summed E-state index contributed by atoms with van der Waals surface area (Å²) in [6.07, 6.45) is 4.27. The van der Waals surface area contributed by atoms with E-state index in [9.17, 15) is 0 Å². The molecule has 2 heteroatoms. The Kier molecular flexibility index (Phi) is 2.90. The molecule has 0 amide bonds. The molecule has 0 spiro atoms. The van der Waals surface area contributed by atoms with Crippen LogP contribution in [-0.2, 0) is 0 Å². The smallest absolute Gasteiger partial charge is 0.0828 e. The average Bonchev–Trinajstić information content (AvgIpc) is 2.03. The number of nitrogens with zero attached hydrogens (tertiary/aromatic N) is 1. The van der Waals surface area contributed by atoms with Crippen molar-refractivity contribution in [2.45, 2.75) is 33.6 Å². The van der Waals surface area contributed by atoms with Gasteiger partial charge in [0.05, 0.1) is 5.71 Å². The summed E-state index contributed by atoms with van der Waals surface area (Å²) in [4.78, 5) is 0. The average molecular weight is 167 g/mol. The van der Waals surface area contributed by atoms with Gasteiger partial charge in [-0.3, -0.25) is 0 Å². The van der Waals surface area contributed by atoms with Crippen LogP contribution in [0.2, 0.25) is 0 Å². The van der Waals surface area contributed by atoms with Crippen molar-refractivity contribution in [1.29, 1.82) is 0 Å². The van der Waals surface area contributed by atoms with E-state index >= 15 is 0 Å². The third-order valence-corrected chi connectivity index (χ3v) is 2.54. The van der Waals surface area contributed by atoms with Crippen molar-refractivity contribution in [3.63, 3.8) is 0 Å². The first-order chi connectivity index (χ1) is 5.65. The summed E-state index contributed by atoms with van der Waals surface area (Å²) < 4.78 is 0. The van der Waals surface area contributed by atoms with E-state index in [0.717, 1.165) is 18.6 Å². The zero-order valence-electron chi connectivity index (χ0n) is 8.04. The summed E-state index contributed by atoms with van der Waals surface area (Å²) in [7, 11) is 0. The van der Waals surface area contributed by atoms with E-state index in [4.69, 9.17) is 5.21 Å². The maximum absolute atomic E-state index is 8.77. The molecule has 0 heterocycles. The molecule has 0 radical (unpaired) electrons. The molecule has 0 saturated carbocycles. The molecule has 1 aliphatic carbocycles. The molecule has 1 aliphatic rings. The Morgan fingerprint density at radius 2 is 2.25 bits per heavy atom. The minimum absolute atomic E-state index is 0.443. The van der Waals surface area contributed by atoms with Crippen LogP contribution in [0.4, 0.5) is 0 Å². The van der Waals surface area contributed by atoms with E-state index in [-0.39, 0.29) is 0 Å². The number of allylic oxidation sites excluding steroid dienone is 2. The number of hydrogen-bond acceptors (Lipinski definition) is 2. The van der Waals surface area contributed by atoms with E-state index in [0.29, 0.717) is 11.8 Å². The number of oxime groups is 1. The van der Waals surface area contributed by atoms with Gasteiger partial charge in [0, 0.05) is 5.92 Å². The molecule has 0 saturated heterocycles. The zero-order valence-corrected chi connectivity index (χ0v) is 8.04. The van der Waals surface area contributed by atoms with Gasteiger partial charge in [0.15, 0.2) is 0 Å². The highest BCUT2D eigenvalue weighted by atomic mass is 16.4. The van der Waals surface area contributed by atoms with Crippen LogP contribution in [0.3, 0.4) is 0 Å². The molecule has 1 atom stereocenters. The predicted octanol–water partition coefficient (Wildman–Crippen LogP) is 2.83. The molecule has 1 N–H and O–H groups in total. The molecule has 0 aromatic rings. The molecule has 0 aromatic heterocycles. The highest BCUT2D eigenvalue weighted by Crippen LogP contribution is 2.26. The fraction of sp³-hybridized carbons (Fsp3) is 0.700. The minimum Gasteiger partial charge on any atom is -0.411 e. The number of hydrogen-bond donors (Lipinski definition) is 1. The van der Waals surface area contributed by atoms with Crippen LogP contribution in [-0.4, -0.2) is 10.9 Å². The Morgan fingerprint density at radius 3 is 2.75 bits per heavy atom. The summed E-state index contributed by atoms with van der Waals surface area (Å²) in [5, 5.41) is 12.1. The van der Waals surface area contributed by atoms with Gasteiger partial charge in [-0.1, -0.05) is 24.6 Å². The van der Waals surface area contributed by atoms with Crippen molar-refractivity contribution in [1.82, 2.24) is 0 Å². The first-order valence-corrected chi connectivity index (χ1v) is 4.54. The van der Waals surface area contributed by atoms with Gasteiger partial charge in [-0.25, -0.2) is 0 Å². The summed E-state index contributed by atoms with van der Waals surface area (Å²) >= 11 is 0. The fourth-order valence-corrected chi connectivity index (χ4v) is 1.74. The Labute approximate surface area is 74.0 Å². The Hall–Kier alpha value is -0.790. The van der Waals surface area contributed by atoms with Gasteiger partial charge in [0.1, 0.15) is 0 Å². The van der Waals surface area contributed by atoms with Crippen molar-refractivity contribution in [2.24, 2.45) is 17.0 Å². The molecule has 1 rings (SSSR count).